The van der Waals surface area contributed by atoms with Crippen LogP contribution in [0.25, 0.3) is 0 Å². The van der Waals surface area contributed by atoms with E-state index in [1.165, 1.54) is 16.0 Å². The average Bonchev–Trinajstić information content (AvgIpc) is 2.75. The summed E-state index contributed by atoms with van der Waals surface area (Å²) in [6, 6.07) is 5.78. The van der Waals surface area contributed by atoms with Crippen molar-refractivity contribution < 1.29 is 9.90 Å². The fraction of sp³-hybridized carbons (Fsp3) is 0.417. The second-order valence-corrected chi connectivity index (χ2v) is 4.04. The van der Waals surface area contributed by atoms with E-state index in [1.54, 1.807) is 7.05 Å². The molecule has 0 unspecified atom stereocenters. The van der Waals surface area contributed by atoms with Gasteiger partial charge in [0.25, 0.3) is 5.91 Å². The van der Waals surface area contributed by atoms with Crippen molar-refractivity contribution >= 4 is 5.91 Å². The lowest BCUT2D eigenvalue weighted by atomic mass is 10.1. The Hall–Kier alpha value is -1.39. The number of likely N-dealkylation sites (N-methyl/N-ethyl adjacent to an activating group) is 1. The van der Waals surface area contributed by atoms with Gasteiger partial charge < -0.3 is 15.3 Å². The quantitative estimate of drug-likeness (QED) is 0.773. The van der Waals surface area contributed by atoms with Gasteiger partial charge in [-0.2, -0.15) is 0 Å². The summed E-state index contributed by atoms with van der Waals surface area (Å²) in [4.78, 5) is 13.5. The first kappa shape index (κ1) is 11.1. The van der Waals surface area contributed by atoms with Crippen molar-refractivity contribution in [1.82, 2.24) is 10.2 Å². The van der Waals surface area contributed by atoms with E-state index in [2.05, 4.69) is 5.32 Å². The first-order chi connectivity index (χ1) is 7.72. The number of carbonyl (C=O) groups excluding carboxylic acids is 1. The van der Waals surface area contributed by atoms with E-state index in [9.17, 15) is 4.79 Å². The van der Waals surface area contributed by atoms with Crippen molar-refractivity contribution in [2.75, 3.05) is 20.2 Å². The van der Waals surface area contributed by atoms with Crippen molar-refractivity contribution in [2.45, 2.75) is 13.1 Å². The van der Waals surface area contributed by atoms with Gasteiger partial charge in [-0.25, -0.2) is 0 Å². The largest absolute Gasteiger partial charge is 0.395 e. The number of aliphatic hydroxyl groups excluding tert-OH is 1. The van der Waals surface area contributed by atoms with Crippen LogP contribution in [0.3, 0.4) is 0 Å². The van der Waals surface area contributed by atoms with Gasteiger partial charge in [-0.05, 0) is 23.3 Å². The van der Waals surface area contributed by atoms with Crippen LogP contribution in [0.2, 0.25) is 0 Å². The first-order valence-electron chi connectivity index (χ1n) is 5.41. The Kier molecular flexibility index (Phi) is 3.22. The van der Waals surface area contributed by atoms with Crippen LogP contribution in [0.5, 0.6) is 0 Å². The molecule has 4 heteroatoms. The van der Waals surface area contributed by atoms with Crippen molar-refractivity contribution in [1.29, 1.82) is 0 Å². The minimum absolute atomic E-state index is 0.00522. The molecule has 0 saturated carbocycles. The Labute approximate surface area is 94.9 Å². The van der Waals surface area contributed by atoms with Gasteiger partial charge in [0.2, 0.25) is 0 Å². The molecule has 0 saturated heterocycles. The van der Waals surface area contributed by atoms with Crippen LogP contribution < -0.4 is 5.32 Å². The molecule has 1 aromatic rings. The summed E-state index contributed by atoms with van der Waals surface area (Å²) in [6.45, 7) is 2.08. The second kappa shape index (κ2) is 4.63. The number of benzene rings is 1. The minimum atomic E-state index is -0.0382. The highest BCUT2D eigenvalue weighted by Crippen LogP contribution is 2.17. The summed E-state index contributed by atoms with van der Waals surface area (Å²) < 4.78 is 0. The van der Waals surface area contributed by atoms with E-state index < -0.39 is 0 Å². The van der Waals surface area contributed by atoms with E-state index in [-0.39, 0.29) is 12.5 Å². The lowest BCUT2D eigenvalue weighted by Crippen LogP contribution is -2.29. The van der Waals surface area contributed by atoms with Gasteiger partial charge in [0.15, 0.2) is 0 Å². The second-order valence-electron chi connectivity index (χ2n) is 4.04. The minimum Gasteiger partial charge on any atom is -0.395 e. The molecule has 0 bridgehead atoms. The van der Waals surface area contributed by atoms with Gasteiger partial charge in [-0.1, -0.05) is 6.07 Å². The molecule has 0 atom stereocenters. The molecule has 0 spiro atoms. The molecule has 1 amide bonds. The summed E-state index contributed by atoms with van der Waals surface area (Å²) in [5.41, 5.74) is 3.16. The molecule has 0 aliphatic carbocycles. The maximum Gasteiger partial charge on any atom is 0.253 e. The van der Waals surface area contributed by atoms with E-state index in [0.29, 0.717) is 12.1 Å². The lowest BCUT2D eigenvalue weighted by Gasteiger charge is -2.16. The molecule has 0 radical (unpaired) electrons. The number of nitrogens with one attached hydrogen (secondary N) is 1. The number of hydrogen-bond acceptors (Lipinski definition) is 3. The molecular formula is C12H16N2O2. The van der Waals surface area contributed by atoms with Crippen LogP contribution in [0, 0.1) is 0 Å². The summed E-state index contributed by atoms with van der Waals surface area (Å²) >= 11 is 0. The number of aliphatic hydroxyl groups is 1. The standard InChI is InChI=1S/C12H16N2O2/c1-14(4-5-15)12(16)9-2-3-10-7-13-8-11(10)6-9/h2-3,6,13,15H,4-5,7-8H2,1H3. The Balaban J connectivity index is 2.18. The highest BCUT2D eigenvalue weighted by atomic mass is 16.3. The van der Waals surface area contributed by atoms with Crippen LogP contribution in [-0.4, -0.2) is 36.1 Å². The molecule has 1 aliphatic heterocycles. The van der Waals surface area contributed by atoms with Crippen LogP contribution in [0.4, 0.5) is 0 Å². The summed E-state index contributed by atoms with van der Waals surface area (Å²) in [5.74, 6) is -0.0382. The van der Waals surface area contributed by atoms with E-state index >= 15 is 0 Å². The van der Waals surface area contributed by atoms with Crippen LogP contribution in [-0.2, 0) is 13.1 Å². The number of fused-ring (bicyclic) bond motifs is 1. The van der Waals surface area contributed by atoms with Gasteiger partial charge in [0.1, 0.15) is 0 Å². The number of hydrogen-bond donors (Lipinski definition) is 2. The fourth-order valence-corrected chi connectivity index (χ4v) is 1.90. The van der Waals surface area contributed by atoms with Crippen molar-refractivity contribution in [3.8, 4) is 0 Å². The van der Waals surface area contributed by atoms with Gasteiger partial charge in [-0.3, -0.25) is 4.79 Å². The number of rotatable bonds is 3. The van der Waals surface area contributed by atoms with Gasteiger partial charge in [0.05, 0.1) is 6.61 Å². The molecule has 16 heavy (non-hydrogen) atoms. The highest BCUT2D eigenvalue weighted by molar-refractivity contribution is 5.94. The number of amides is 1. The average molecular weight is 220 g/mol. The molecule has 2 N–H and O–H groups in total. The third kappa shape index (κ3) is 2.08. The highest BCUT2D eigenvalue weighted by Gasteiger charge is 2.15. The van der Waals surface area contributed by atoms with E-state index in [0.717, 1.165) is 13.1 Å². The van der Waals surface area contributed by atoms with E-state index in [1.807, 2.05) is 18.2 Å². The SMILES string of the molecule is CN(CCO)C(=O)c1ccc2c(c1)CNC2. The van der Waals surface area contributed by atoms with Crippen molar-refractivity contribution in [3.63, 3.8) is 0 Å². The Morgan fingerprint density at radius 3 is 2.94 bits per heavy atom. The van der Waals surface area contributed by atoms with Crippen molar-refractivity contribution in [3.05, 3.63) is 34.9 Å². The summed E-state index contributed by atoms with van der Waals surface area (Å²) in [6.07, 6.45) is 0. The van der Waals surface area contributed by atoms with Gasteiger partial charge in [-0.15, -0.1) is 0 Å². The van der Waals surface area contributed by atoms with Crippen LogP contribution in [0.15, 0.2) is 18.2 Å². The molecule has 86 valence electrons. The summed E-state index contributed by atoms with van der Waals surface area (Å²) in [7, 11) is 1.70. The molecular weight excluding hydrogens is 204 g/mol. The zero-order valence-corrected chi connectivity index (χ0v) is 9.36. The first-order valence-corrected chi connectivity index (χ1v) is 5.41. The summed E-state index contributed by atoms with van der Waals surface area (Å²) in [5, 5.41) is 12.0. The zero-order chi connectivity index (χ0) is 11.5. The molecule has 0 aromatic heterocycles. The van der Waals surface area contributed by atoms with Gasteiger partial charge in [0, 0.05) is 32.2 Å². The Morgan fingerprint density at radius 1 is 1.44 bits per heavy atom. The maximum absolute atomic E-state index is 11.9. The molecule has 2 rings (SSSR count). The molecule has 4 nitrogen and oxygen atoms in total. The fourth-order valence-electron chi connectivity index (χ4n) is 1.90. The van der Waals surface area contributed by atoms with Crippen LogP contribution >= 0.6 is 0 Å². The lowest BCUT2D eigenvalue weighted by molar-refractivity contribution is 0.0767. The Morgan fingerprint density at radius 2 is 2.19 bits per heavy atom. The Bertz CT molecular complexity index is 404. The molecule has 0 fully saturated rings. The van der Waals surface area contributed by atoms with E-state index in [4.69, 9.17) is 5.11 Å². The zero-order valence-electron chi connectivity index (χ0n) is 9.36. The normalized spacial score (nSPS) is 13.6. The molecule has 1 aliphatic rings. The monoisotopic (exact) mass is 220 g/mol. The maximum atomic E-state index is 11.9. The van der Waals surface area contributed by atoms with Crippen molar-refractivity contribution in [2.24, 2.45) is 0 Å². The predicted octanol–water partition coefficient (Wildman–Crippen LogP) is 0.354. The third-order valence-electron chi connectivity index (χ3n) is 2.87. The van der Waals surface area contributed by atoms with Crippen LogP contribution in [0.1, 0.15) is 21.5 Å². The topological polar surface area (TPSA) is 52.6 Å². The number of carbonyl (C=O) groups is 1. The molecule has 1 heterocycles. The molecule has 1 aromatic carbocycles. The number of nitrogens with zero attached hydrogens (tertiary/aromatic N) is 1. The third-order valence-corrected chi connectivity index (χ3v) is 2.87. The van der Waals surface area contributed by atoms with Gasteiger partial charge >= 0.3 is 0 Å². The smallest absolute Gasteiger partial charge is 0.253 e. The predicted molar refractivity (Wildman–Crippen MR) is 61.0 cm³/mol.